The zero-order chi connectivity index (χ0) is 20.3. The Balaban J connectivity index is 1.99. The SMILES string of the molecule is CCOC(=O)[C@@H]1C(=O)NC(N2CCN(C)CC2)=N[C@@H]1c1cccc([N+](=O)[O-])c1. The second-order valence-electron chi connectivity index (χ2n) is 6.76. The number of carbonyl (C=O) groups is 2. The van der Waals surface area contributed by atoms with Gasteiger partial charge in [-0.05, 0) is 19.5 Å². The van der Waals surface area contributed by atoms with Gasteiger partial charge in [0.2, 0.25) is 11.9 Å². The van der Waals surface area contributed by atoms with Gasteiger partial charge in [0.1, 0.15) is 6.04 Å². The maximum absolute atomic E-state index is 12.8. The number of nitrogens with zero attached hydrogens (tertiary/aromatic N) is 4. The fraction of sp³-hybridized carbons (Fsp3) is 0.500. The number of aliphatic imine (C=N–C) groups is 1. The number of non-ortho nitro benzene ring substituents is 1. The van der Waals surface area contributed by atoms with Crippen LogP contribution in [0, 0.1) is 16.0 Å². The molecule has 1 aromatic rings. The maximum atomic E-state index is 12.8. The summed E-state index contributed by atoms with van der Waals surface area (Å²) in [7, 11) is 2.02. The lowest BCUT2D eigenvalue weighted by molar-refractivity contribution is -0.384. The van der Waals surface area contributed by atoms with Crippen molar-refractivity contribution >= 4 is 23.5 Å². The van der Waals surface area contributed by atoms with Gasteiger partial charge in [-0.3, -0.25) is 25.0 Å². The molecule has 2 aliphatic heterocycles. The van der Waals surface area contributed by atoms with Gasteiger partial charge in [0, 0.05) is 38.3 Å². The molecule has 10 heteroatoms. The first-order chi connectivity index (χ1) is 13.4. The molecule has 28 heavy (non-hydrogen) atoms. The number of nitro benzene ring substituents is 1. The summed E-state index contributed by atoms with van der Waals surface area (Å²) in [6, 6.07) is 4.97. The normalized spacial score (nSPS) is 23.0. The van der Waals surface area contributed by atoms with E-state index in [4.69, 9.17) is 4.74 Å². The highest BCUT2D eigenvalue weighted by Crippen LogP contribution is 2.32. The monoisotopic (exact) mass is 389 g/mol. The van der Waals surface area contributed by atoms with E-state index >= 15 is 0 Å². The van der Waals surface area contributed by atoms with Crippen LogP contribution in [0.3, 0.4) is 0 Å². The van der Waals surface area contributed by atoms with Crippen molar-refractivity contribution in [3.05, 3.63) is 39.9 Å². The molecule has 1 aromatic carbocycles. The van der Waals surface area contributed by atoms with Crippen LogP contribution in [0.2, 0.25) is 0 Å². The molecule has 0 spiro atoms. The lowest BCUT2D eigenvalue weighted by Gasteiger charge is -2.37. The second kappa shape index (κ2) is 8.34. The molecule has 3 rings (SSSR count). The van der Waals surface area contributed by atoms with Gasteiger partial charge in [-0.1, -0.05) is 12.1 Å². The van der Waals surface area contributed by atoms with E-state index in [-0.39, 0.29) is 12.3 Å². The Morgan fingerprint density at radius 3 is 2.71 bits per heavy atom. The molecule has 0 saturated carbocycles. The van der Waals surface area contributed by atoms with E-state index in [0.29, 0.717) is 24.6 Å². The number of esters is 1. The van der Waals surface area contributed by atoms with Crippen LogP contribution in [0.5, 0.6) is 0 Å². The molecule has 1 fully saturated rings. The van der Waals surface area contributed by atoms with Gasteiger partial charge < -0.3 is 14.5 Å². The first-order valence-corrected chi connectivity index (χ1v) is 9.14. The number of carbonyl (C=O) groups excluding carboxylic acids is 2. The van der Waals surface area contributed by atoms with Gasteiger partial charge in [-0.2, -0.15) is 0 Å². The standard InChI is InChI=1S/C18H23N5O5/c1-3-28-17(25)14-15(12-5-4-6-13(11-12)23(26)27)19-18(20-16(14)24)22-9-7-21(2)8-10-22/h4-6,11,14-15H,3,7-10H2,1-2H3,(H,19,20,24)/t14-,15+/m0/s1. The number of nitrogens with one attached hydrogen (secondary N) is 1. The Hall–Kier alpha value is -3.01. The smallest absolute Gasteiger partial charge is 0.321 e. The van der Waals surface area contributed by atoms with Crippen molar-refractivity contribution in [2.45, 2.75) is 13.0 Å². The van der Waals surface area contributed by atoms with E-state index in [1.807, 2.05) is 11.9 Å². The molecular weight excluding hydrogens is 366 g/mol. The zero-order valence-corrected chi connectivity index (χ0v) is 15.8. The summed E-state index contributed by atoms with van der Waals surface area (Å²) in [5.74, 6) is -2.02. The fourth-order valence-corrected chi connectivity index (χ4v) is 3.31. The van der Waals surface area contributed by atoms with Crippen molar-refractivity contribution in [1.82, 2.24) is 15.1 Å². The third-order valence-electron chi connectivity index (χ3n) is 4.86. The number of piperazine rings is 1. The van der Waals surface area contributed by atoms with Gasteiger partial charge >= 0.3 is 5.97 Å². The largest absolute Gasteiger partial charge is 0.465 e. The lowest BCUT2D eigenvalue weighted by Crippen LogP contribution is -2.56. The van der Waals surface area contributed by atoms with Crippen molar-refractivity contribution in [2.75, 3.05) is 39.8 Å². The Bertz CT molecular complexity index is 803. The van der Waals surface area contributed by atoms with Crippen molar-refractivity contribution in [1.29, 1.82) is 0 Å². The van der Waals surface area contributed by atoms with Crippen LogP contribution in [-0.2, 0) is 14.3 Å². The molecule has 0 bridgehead atoms. The van der Waals surface area contributed by atoms with Crippen LogP contribution in [-0.4, -0.2) is 72.4 Å². The van der Waals surface area contributed by atoms with Crippen LogP contribution in [0.1, 0.15) is 18.5 Å². The highest BCUT2D eigenvalue weighted by Gasteiger charge is 2.42. The van der Waals surface area contributed by atoms with Gasteiger partial charge in [0.15, 0.2) is 5.92 Å². The van der Waals surface area contributed by atoms with E-state index < -0.39 is 28.8 Å². The summed E-state index contributed by atoms with van der Waals surface area (Å²) >= 11 is 0. The number of amides is 1. The minimum atomic E-state index is -1.20. The first-order valence-electron chi connectivity index (χ1n) is 9.14. The van der Waals surface area contributed by atoms with Gasteiger partial charge in [0.25, 0.3) is 5.69 Å². The maximum Gasteiger partial charge on any atom is 0.321 e. The highest BCUT2D eigenvalue weighted by atomic mass is 16.6. The molecule has 0 aromatic heterocycles. The number of hydrogen-bond donors (Lipinski definition) is 1. The number of likely N-dealkylation sites (N-methyl/N-ethyl adjacent to an activating group) is 1. The van der Waals surface area contributed by atoms with Crippen LogP contribution < -0.4 is 5.32 Å². The highest BCUT2D eigenvalue weighted by molar-refractivity contribution is 6.08. The van der Waals surface area contributed by atoms with Crippen molar-refractivity contribution in [3.8, 4) is 0 Å². The Morgan fingerprint density at radius 1 is 1.36 bits per heavy atom. The number of benzene rings is 1. The molecule has 0 radical (unpaired) electrons. The molecule has 10 nitrogen and oxygen atoms in total. The van der Waals surface area contributed by atoms with Gasteiger partial charge in [-0.15, -0.1) is 0 Å². The fourth-order valence-electron chi connectivity index (χ4n) is 3.31. The van der Waals surface area contributed by atoms with Crippen LogP contribution >= 0.6 is 0 Å². The molecule has 1 N–H and O–H groups in total. The third kappa shape index (κ3) is 4.11. The summed E-state index contributed by atoms with van der Waals surface area (Å²) in [6.07, 6.45) is 0. The summed E-state index contributed by atoms with van der Waals surface area (Å²) < 4.78 is 5.05. The van der Waals surface area contributed by atoms with E-state index in [1.54, 1.807) is 13.0 Å². The van der Waals surface area contributed by atoms with E-state index in [1.165, 1.54) is 18.2 Å². The molecule has 0 unspecified atom stereocenters. The van der Waals surface area contributed by atoms with Gasteiger partial charge in [0.05, 0.1) is 11.5 Å². The average Bonchev–Trinajstić information content (AvgIpc) is 2.68. The number of hydrogen-bond acceptors (Lipinski definition) is 8. The summed E-state index contributed by atoms with van der Waals surface area (Å²) in [5, 5.41) is 13.9. The minimum Gasteiger partial charge on any atom is -0.465 e. The van der Waals surface area contributed by atoms with Crippen molar-refractivity contribution in [3.63, 3.8) is 0 Å². The molecular formula is C18H23N5O5. The molecule has 1 saturated heterocycles. The van der Waals surface area contributed by atoms with Crippen LogP contribution in [0.4, 0.5) is 5.69 Å². The first kappa shape index (κ1) is 19.7. The quantitative estimate of drug-likeness (QED) is 0.346. The number of guanidine groups is 1. The molecule has 150 valence electrons. The molecule has 2 aliphatic rings. The summed E-state index contributed by atoms with van der Waals surface area (Å²) in [5.41, 5.74) is 0.302. The molecule has 0 aliphatic carbocycles. The Labute approximate surface area is 162 Å². The van der Waals surface area contributed by atoms with Gasteiger partial charge in [-0.25, -0.2) is 4.99 Å². The number of ether oxygens (including phenoxy) is 1. The zero-order valence-electron chi connectivity index (χ0n) is 15.8. The summed E-state index contributed by atoms with van der Waals surface area (Å²) in [4.78, 5) is 44.5. The van der Waals surface area contributed by atoms with Crippen molar-refractivity contribution < 1.29 is 19.2 Å². The Kier molecular flexibility index (Phi) is 5.88. The van der Waals surface area contributed by atoms with Crippen molar-refractivity contribution in [2.24, 2.45) is 10.9 Å². The number of nitro groups is 1. The lowest BCUT2D eigenvalue weighted by atomic mass is 9.91. The molecule has 2 heterocycles. The molecule has 2 atom stereocenters. The third-order valence-corrected chi connectivity index (χ3v) is 4.86. The van der Waals surface area contributed by atoms with Crippen LogP contribution in [0.15, 0.2) is 29.3 Å². The van der Waals surface area contributed by atoms with E-state index in [2.05, 4.69) is 15.2 Å². The van der Waals surface area contributed by atoms with E-state index in [0.717, 1.165) is 13.1 Å². The number of rotatable bonds is 4. The van der Waals surface area contributed by atoms with Crippen LogP contribution in [0.25, 0.3) is 0 Å². The van der Waals surface area contributed by atoms with E-state index in [9.17, 15) is 19.7 Å². The topological polar surface area (TPSA) is 117 Å². The predicted molar refractivity (Wildman–Crippen MR) is 101 cm³/mol. The summed E-state index contributed by atoms with van der Waals surface area (Å²) in [6.45, 7) is 4.78. The second-order valence-corrected chi connectivity index (χ2v) is 6.76. The predicted octanol–water partition coefficient (Wildman–Crippen LogP) is 0.548. The average molecular weight is 389 g/mol. The Morgan fingerprint density at radius 2 is 2.07 bits per heavy atom. The minimum absolute atomic E-state index is 0.123. The molecule has 1 amide bonds.